The quantitative estimate of drug-likeness (QED) is 0.857. The third kappa shape index (κ3) is 4.32. The van der Waals surface area contributed by atoms with Crippen molar-refractivity contribution in [1.29, 1.82) is 0 Å². The zero-order valence-corrected chi connectivity index (χ0v) is 15.7. The third-order valence-electron chi connectivity index (χ3n) is 3.82. The summed E-state index contributed by atoms with van der Waals surface area (Å²) >= 11 is 11.9. The van der Waals surface area contributed by atoms with E-state index in [1.54, 1.807) is 18.2 Å². The first kappa shape index (κ1) is 19.3. The van der Waals surface area contributed by atoms with Gasteiger partial charge in [0.2, 0.25) is 0 Å². The summed E-state index contributed by atoms with van der Waals surface area (Å²) in [6.07, 6.45) is -0.379. The minimum absolute atomic E-state index is 0. The van der Waals surface area contributed by atoms with Gasteiger partial charge in [0, 0.05) is 25.7 Å². The van der Waals surface area contributed by atoms with Crippen LogP contribution in [0.25, 0.3) is 0 Å². The molecule has 1 fully saturated rings. The lowest BCUT2D eigenvalue weighted by Gasteiger charge is -2.30. The maximum atomic E-state index is 5.99. The predicted octanol–water partition coefficient (Wildman–Crippen LogP) is 3.51. The molecule has 1 aliphatic rings. The molecule has 1 saturated heterocycles. The van der Waals surface area contributed by atoms with E-state index in [0.717, 1.165) is 19.6 Å². The van der Waals surface area contributed by atoms with E-state index in [1.807, 2.05) is 6.92 Å². The third-order valence-corrected chi connectivity index (χ3v) is 4.56. The molecule has 2 aromatic rings. The Morgan fingerprint density at radius 2 is 2.17 bits per heavy atom. The Bertz CT molecular complexity index is 682. The summed E-state index contributed by atoms with van der Waals surface area (Å²) in [7, 11) is 2.05. The minimum atomic E-state index is -0.379. The summed E-state index contributed by atoms with van der Waals surface area (Å²) in [5.41, 5.74) is 0. The van der Waals surface area contributed by atoms with Crippen LogP contribution in [0.4, 0.5) is 0 Å². The molecule has 3 rings (SSSR count). The molecule has 1 aromatic carbocycles. The fourth-order valence-corrected chi connectivity index (χ4v) is 2.73. The van der Waals surface area contributed by atoms with Crippen molar-refractivity contribution in [3.63, 3.8) is 0 Å². The summed E-state index contributed by atoms with van der Waals surface area (Å²) in [5.74, 6) is 1.70. The van der Waals surface area contributed by atoms with Crippen molar-refractivity contribution in [1.82, 2.24) is 20.4 Å². The van der Waals surface area contributed by atoms with Crippen molar-refractivity contribution in [2.75, 3.05) is 26.7 Å². The molecule has 2 heterocycles. The van der Waals surface area contributed by atoms with Crippen molar-refractivity contribution < 1.29 is 9.26 Å². The van der Waals surface area contributed by atoms with Gasteiger partial charge in [0.15, 0.2) is 11.9 Å². The first-order valence-electron chi connectivity index (χ1n) is 7.41. The largest absolute Gasteiger partial charge is 0.481 e. The molecule has 2 unspecified atom stereocenters. The Balaban J connectivity index is 0.00000208. The standard InChI is InChI=1S/C15H18Cl2N4O2.ClH/c1-9(22-10-3-4-11(16)12(17)7-10)15-19-14(20-23-15)13-8-18-5-6-21(13)2;/h3-4,7,9,13,18H,5-6,8H2,1-2H3;1H. The van der Waals surface area contributed by atoms with Crippen LogP contribution in [0.2, 0.25) is 10.0 Å². The molecule has 9 heteroatoms. The Kier molecular flexibility index (Phi) is 6.71. The maximum Gasteiger partial charge on any atom is 0.267 e. The number of rotatable bonds is 4. The Morgan fingerprint density at radius 3 is 2.88 bits per heavy atom. The monoisotopic (exact) mass is 392 g/mol. The van der Waals surface area contributed by atoms with Gasteiger partial charge in [-0.05, 0) is 26.1 Å². The Hall–Kier alpha value is -1.05. The number of piperazine rings is 1. The zero-order valence-electron chi connectivity index (χ0n) is 13.3. The Labute approximate surface area is 156 Å². The van der Waals surface area contributed by atoms with Crippen molar-refractivity contribution in [3.8, 4) is 5.75 Å². The van der Waals surface area contributed by atoms with E-state index < -0.39 is 0 Å². The van der Waals surface area contributed by atoms with Crippen molar-refractivity contribution in [3.05, 3.63) is 40.0 Å². The zero-order chi connectivity index (χ0) is 16.4. The van der Waals surface area contributed by atoms with Gasteiger partial charge in [-0.15, -0.1) is 12.4 Å². The van der Waals surface area contributed by atoms with E-state index in [4.69, 9.17) is 32.5 Å². The summed E-state index contributed by atoms with van der Waals surface area (Å²) in [6, 6.07) is 5.21. The second kappa shape index (κ2) is 8.36. The molecule has 2 atom stereocenters. The highest BCUT2D eigenvalue weighted by Crippen LogP contribution is 2.29. The van der Waals surface area contributed by atoms with Gasteiger partial charge >= 0.3 is 0 Å². The minimum Gasteiger partial charge on any atom is -0.481 e. The van der Waals surface area contributed by atoms with E-state index in [0.29, 0.717) is 27.5 Å². The number of nitrogens with one attached hydrogen (secondary N) is 1. The molecule has 0 saturated carbocycles. The first-order valence-corrected chi connectivity index (χ1v) is 8.16. The van der Waals surface area contributed by atoms with Gasteiger partial charge < -0.3 is 14.6 Å². The molecule has 132 valence electrons. The number of hydrogen-bond acceptors (Lipinski definition) is 6. The summed E-state index contributed by atoms with van der Waals surface area (Å²) in [4.78, 5) is 6.68. The van der Waals surface area contributed by atoms with Crippen LogP contribution < -0.4 is 10.1 Å². The molecule has 0 radical (unpaired) electrons. The van der Waals surface area contributed by atoms with Gasteiger partial charge in [0.25, 0.3) is 5.89 Å². The van der Waals surface area contributed by atoms with Crippen molar-refractivity contribution in [2.24, 2.45) is 0 Å². The molecule has 1 aliphatic heterocycles. The van der Waals surface area contributed by atoms with Crippen LogP contribution in [0.15, 0.2) is 22.7 Å². The van der Waals surface area contributed by atoms with Crippen LogP contribution in [-0.2, 0) is 0 Å². The normalized spacial score (nSPS) is 19.6. The van der Waals surface area contributed by atoms with Crippen molar-refractivity contribution in [2.45, 2.75) is 19.1 Å². The van der Waals surface area contributed by atoms with Gasteiger partial charge in [-0.1, -0.05) is 28.4 Å². The van der Waals surface area contributed by atoms with Gasteiger partial charge in [-0.3, -0.25) is 4.90 Å². The number of likely N-dealkylation sites (N-methyl/N-ethyl adjacent to an activating group) is 1. The molecule has 0 spiro atoms. The topological polar surface area (TPSA) is 63.4 Å². The highest BCUT2D eigenvalue weighted by Gasteiger charge is 2.26. The van der Waals surface area contributed by atoms with Crippen LogP contribution in [0.1, 0.15) is 30.8 Å². The number of hydrogen-bond donors (Lipinski definition) is 1. The summed E-state index contributed by atoms with van der Waals surface area (Å²) < 4.78 is 11.1. The fraction of sp³-hybridized carbons (Fsp3) is 0.467. The van der Waals surface area contributed by atoms with Crippen LogP contribution in [-0.4, -0.2) is 41.7 Å². The van der Waals surface area contributed by atoms with Crippen LogP contribution in [0.5, 0.6) is 5.75 Å². The SMILES string of the molecule is CC(Oc1ccc(Cl)c(Cl)c1)c1nc(C2CNCCN2C)no1.Cl. The number of halogens is 3. The number of benzene rings is 1. The predicted molar refractivity (Wildman–Crippen MR) is 95.3 cm³/mol. The van der Waals surface area contributed by atoms with E-state index >= 15 is 0 Å². The lowest BCUT2D eigenvalue weighted by atomic mass is 10.2. The average Bonchev–Trinajstić information content (AvgIpc) is 3.01. The lowest BCUT2D eigenvalue weighted by molar-refractivity contribution is 0.173. The Morgan fingerprint density at radius 1 is 1.38 bits per heavy atom. The molecule has 0 amide bonds. The molecule has 0 aliphatic carbocycles. The summed E-state index contributed by atoms with van der Waals surface area (Å²) in [6.45, 7) is 4.57. The second-order valence-corrected chi connectivity index (χ2v) is 6.34. The summed E-state index contributed by atoms with van der Waals surface area (Å²) in [5, 5.41) is 8.35. The van der Waals surface area contributed by atoms with Gasteiger partial charge in [0.1, 0.15) is 5.75 Å². The molecule has 24 heavy (non-hydrogen) atoms. The van der Waals surface area contributed by atoms with Crippen molar-refractivity contribution >= 4 is 35.6 Å². The van der Waals surface area contributed by atoms with E-state index in [9.17, 15) is 0 Å². The van der Waals surface area contributed by atoms with Gasteiger partial charge in [-0.2, -0.15) is 4.98 Å². The molecule has 1 N–H and O–H groups in total. The average molecular weight is 394 g/mol. The second-order valence-electron chi connectivity index (χ2n) is 5.53. The van der Waals surface area contributed by atoms with E-state index in [1.165, 1.54) is 0 Å². The molecular weight excluding hydrogens is 375 g/mol. The van der Waals surface area contributed by atoms with Crippen LogP contribution >= 0.6 is 35.6 Å². The first-order chi connectivity index (χ1) is 11.0. The van der Waals surface area contributed by atoms with Crippen LogP contribution in [0.3, 0.4) is 0 Å². The van der Waals surface area contributed by atoms with Gasteiger partial charge in [0.05, 0.1) is 16.1 Å². The van der Waals surface area contributed by atoms with E-state index in [2.05, 4.69) is 27.4 Å². The number of ether oxygens (including phenoxy) is 1. The molecule has 1 aromatic heterocycles. The number of aromatic nitrogens is 2. The van der Waals surface area contributed by atoms with Crippen LogP contribution in [0, 0.1) is 0 Å². The van der Waals surface area contributed by atoms with E-state index in [-0.39, 0.29) is 24.6 Å². The smallest absolute Gasteiger partial charge is 0.267 e. The fourth-order valence-electron chi connectivity index (χ4n) is 2.45. The number of nitrogens with zero attached hydrogens (tertiary/aromatic N) is 3. The molecule has 6 nitrogen and oxygen atoms in total. The highest BCUT2D eigenvalue weighted by molar-refractivity contribution is 6.42. The van der Waals surface area contributed by atoms with Gasteiger partial charge in [-0.25, -0.2) is 0 Å². The molecule has 0 bridgehead atoms. The maximum absolute atomic E-state index is 5.99. The lowest BCUT2D eigenvalue weighted by Crippen LogP contribution is -2.44. The molecular formula is C15H19Cl3N4O2. The highest BCUT2D eigenvalue weighted by atomic mass is 35.5.